The highest BCUT2D eigenvalue weighted by Gasteiger charge is 2.09. The summed E-state index contributed by atoms with van der Waals surface area (Å²) in [4.78, 5) is 0. The smallest absolute Gasteiger partial charge is 0.0434 e. The van der Waals surface area contributed by atoms with Crippen LogP contribution < -0.4 is 5.32 Å². The van der Waals surface area contributed by atoms with Gasteiger partial charge in [-0.05, 0) is 36.5 Å². The molecule has 0 unspecified atom stereocenters. The Morgan fingerprint density at radius 3 is 3.15 bits per heavy atom. The van der Waals surface area contributed by atoms with Crippen molar-refractivity contribution < 1.29 is 5.11 Å². The van der Waals surface area contributed by atoms with Gasteiger partial charge in [-0.15, -0.1) is 0 Å². The van der Waals surface area contributed by atoms with E-state index in [4.69, 9.17) is 5.11 Å². The van der Waals surface area contributed by atoms with Gasteiger partial charge in [0.25, 0.3) is 0 Å². The van der Waals surface area contributed by atoms with E-state index in [9.17, 15) is 0 Å². The summed E-state index contributed by atoms with van der Waals surface area (Å²) in [6.45, 7) is 1.36. The second-order valence-corrected chi connectivity index (χ2v) is 3.50. The van der Waals surface area contributed by atoms with Crippen molar-refractivity contribution in [3.63, 3.8) is 0 Å². The molecule has 1 aromatic carbocycles. The first-order chi connectivity index (χ1) is 6.40. The van der Waals surface area contributed by atoms with E-state index >= 15 is 0 Å². The van der Waals surface area contributed by atoms with Crippen molar-refractivity contribution in [2.75, 3.05) is 18.5 Å². The Balaban J connectivity index is 2.12. The Bertz CT molecular complexity index is 296. The van der Waals surface area contributed by atoms with Gasteiger partial charge in [0.2, 0.25) is 0 Å². The first kappa shape index (κ1) is 8.57. The molecule has 0 atom stereocenters. The van der Waals surface area contributed by atoms with Gasteiger partial charge < -0.3 is 10.4 Å². The number of benzene rings is 1. The highest BCUT2D eigenvalue weighted by atomic mass is 16.2. The van der Waals surface area contributed by atoms with Crippen molar-refractivity contribution >= 4 is 5.69 Å². The van der Waals surface area contributed by atoms with Gasteiger partial charge in [-0.2, -0.15) is 0 Å². The number of fused-ring (bicyclic) bond motifs is 1. The van der Waals surface area contributed by atoms with E-state index in [0.717, 1.165) is 25.8 Å². The third-order valence-corrected chi connectivity index (χ3v) is 2.50. The van der Waals surface area contributed by atoms with Crippen molar-refractivity contribution in [2.24, 2.45) is 0 Å². The van der Waals surface area contributed by atoms with Gasteiger partial charge in [-0.1, -0.05) is 12.1 Å². The summed E-state index contributed by atoms with van der Waals surface area (Å²) in [6, 6.07) is 6.55. The lowest BCUT2D eigenvalue weighted by Gasteiger charge is -2.03. The van der Waals surface area contributed by atoms with Gasteiger partial charge in [-0.3, -0.25) is 0 Å². The van der Waals surface area contributed by atoms with Crippen molar-refractivity contribution in [3.05, 3.63) is 29.3 Å². The van der Waals surface area contributed by atoms with Crippen molar-refractivity contribution in [3.8, 4) is 0 Å². The van der Waals surface area contributed by atoms with Crippen LogP contribution in [0, 0.1) is 0 Å². The number of aryl methyl sites for hydroxylation is 1. The summed E-state index contributed by atoms with van der Waals surface area (Å²) in [5, 5.41) is 12.0. The molecule has 1 aliphatic rings. The minimum Gasteiger partial charge on any atom is -0.396 e. The van der Waals surface area contributed by atoms with Crippen LogP contribution in [0.2, 0.25) is 0 Å². The standard InChI is InChI=1S/C11H15NO/c13-7-1-2-9-3-4-11-10(8-9)5-6-12-11/h3-4,8,12-13H,1-2,5-7H2. The predicted molar refractivity (Wildman–Crippen MR) is 54.0 cm³/mol. The minimum absolute atomic E-state index is 0.287. The quantitative estimate of drug-likeness (QED) is 0.734. The molecule has 0 bridgehead atoms. The molecule has 0 saturated carbocycles. The van der Waals surface area contributed by atoms with E-state index < -0.39 is 0 Å². The van der Waals surface area contributed by atoms with Crippen LogP contribution in [-0.4, -0.2) is 18.3 Å². The van der Waals surface area contributed by atoms with Crippen molar-refractivity contribution in [2.45, 2.75) is 19.3 Å². The Kier molecular flexibility index (Phi) is 2.50. The van der Waals surface area contributed by atoms with Crippen LogP contribution in [0.3, 0.4) is 0 Å². The van der Waals surface area contributed by atoms with E-state index in [2.05, 4.69) is 23.5 Å². The molecule has 0 saturated heterocycles. The average Bonchev–Trinajstić information content (AvgIpc) is 2.61. The van der Waals surface area contributed by atoms with Crippen LogP contribution >= 0.6 is 0 Å². The average molecular weight is 177 g/mol. The maximum Gasteiger partial charge on any atom is 0.0434 e. The molecule has 2 rings (SSSR count). The van der Waals surface area contributed by atoms with E-state index in [1.165, 1.54) is 16.8 Å². The molecular formula is C11H15NO. The summed E-state index contributed by atoms with van der Waals surface area (Å²) in [5.41, 5.74) is 4.06. The van der Waals surface area contributed by atoms with Gasteiger partial charge in [0.15, 0.2) is 0 Å². The topological polar surface area (TPSA) is 32.3 Å². The molecule has 13 heavy (non-hydrogen) atoms. The fraction of sp³-hybridized carbons (Fsp3) is 0.455. The summed E-state index contributed by atoms with van der Waals surface area (Å²) >= 11 is 0. The maximum absolute atomic E-state index is 8.71. The van der Waals surface area contributed by atoms with Crippen LogP contribution in [0.25, 0.3) is 0 Å². The third kappa shape index (κ3) is 1.83. The van der Waals surface area contributed by atoms with Crippen LogP contribution in [0.15, 0.2) is 18.2 Å². The number of aliphatic hydroxyl groups excluding tert-OH is 1. The normalized spacial score (nSPS) is 13.9. The molecular weight excluding hydrogens is 162 g/mol. The zero-order valence-electron chi connectivity index (χ0n) is 7.71. The summed E-state index contributed by atoms with van der Waals surface area (Å²) < 4.78 is 0. The van der Waals surface area contributed by atoms with Gasteiger partial charge in [0.05, 0.1) is 0 Å². The summed E-state index contributed by atoms with van der Waals surface area (Å²) in [5.74, 6) is 0. The molecule has 2 heteroatoms. The molecule has 0 aliphatic carbocycles. The van der Waals surface area contributed by atoms with Gasteiger partial charge in [0, 0.05) is 18.8 Å². The van der Waals surface area contributed by atoms with E-state index in [1.54, 1.807) is 0 Å². The maximum atomic E-state index is 8.71. The monoisotopic (exact) mass is 177 g/mol. The molecule has 0 aromatic heterocycles. The number of anilines is 1. The lowest BCUT2D eigenvalue weighted by Crippen LogP contribution is -1.91. The Labute approximate surface area is 78.6 Å². The minimum atomic E-state index is 0.287. The Hall–Kier alpha value is -1.02. The molecule has 1 heterocycles. The zero-order valence-corrected chi connectivity index (χ0v) is 7.71. The van der Waals surface area contributed by atoms with Crippen LogP contribution in [0.4, 0.5) is 5.69 Å². The van der Waals surface area contributed by atoms with Crippen LogP contribution in [0.1, 0.15) is 17.5 Å². The lowest BCUT2D eigenvalue weighted by molar-refractivity contribution is 0.288. The molecule has 1 aromatic rings. The van der Waals surface area contributed by atoms with E-state index in [-0.39, 0.29) is 6.61 Å². The fourth-order valence-corrected chi connectivity index (χ4v) is 1.80. The molecule has 0 fully saturated rings. The molecule has 0 radical (unpaired) electrons. The highest BCUT2D eigenvalue weighted by molar-refractivity contribution is 5.56. The molecule has 0 spiro atoms. The number of nitrogens with one attached hydrogen (secondary N) is 1. The number of hydrogen-bond acceptors (Lipinski definition) is 2. The highest BCUT2D eigenvalue weighted by Crippen LogP contribution is 2.23. The Morgan fingerprint density at radius 1 is 1.38 bits per heavy atom. The van der Waals surface area contributed by atoms with Crippen molar-refractivity contribution in [1.29, 1.82) is 0 Å². The van der Waals surface area contributed by atoms with Gasteiger partial charge >= 0.3 is 0 Å². The largest absolute Gasteiger partial charge is 0.396 e. The number of rotatable bonds is 3. The van der Waals surface area contributed by atoms with Crippen LogP contribution in [-0.2, 0) is 12.8 Å². The molecule has 0 amide bonds. The molecule has 2 nitrogen and oxygen atoms in total. The predicted octanol–water partition coefficient (Wildman–Crippen LogP) is 1.58. The van der Waals surface area contributed by atoms with Crippen molar-refractivity contribution in [1.82, 2.24) is 0 Å². The SMILES string of the molecule is OCCCc1ccc2c(c1)CCN2. The lowest BCUT2D eigenvalue weighted by atomic mass is 10.1. The van der Waals surface area contributed by atoms with E-state index in [0.29, 0.717) is 0 Å². The zero-order chi connectivity index (χ0) is 9.10. The summed E-state index contributed by atoms with van der Waals surface area (Å²) in [6.07, 6.45) is 3.00. The molecule has 1 aliphatic heterocycles. The fourth-order valence-electron chi connectivity index (χ4n) is 1.80. The number of aliphatic hydroxyl groups is 1. The second kappa shape index (κ2) is 3.79. The Morgan fingerprint density at radius 2 is 2.31 bits per heavy atom. The van der Waals surface area contributed by atoms with Gasteiger partial charge in [0.1, 0.15) is 0 Å². The third-order valence-electron chi connectivity index (χ3n) is 2.50. The second-order valence-electron chi connectivity index (χ2n) is 3.50. The van der Waals surface area contributed by atoms with Gasteiger partial charge in [-0.25, -0.2) is 0 Å². The number of hydrogen-bond donors (Lipinski definition) is 2. The van der Waals surface area contributed by atoms with E-state index in [1.807, 2.05) is 0 Å². The summed E-state index contributed by atoms with van der Waals surface area (Å²) in [7, 11) is 0. The van der Waals surface area contributed by atoms with Crippen LogP contribution in [0.5, 0.6) is 0 Å². The first-order valence-electron chi connectivity index (χ1n) is 4.86. The molecule has 70 valence electrons. The molecule has 2 N–H and O–H groups in total. The first-order valence-corrected chi connectivity index (χ1v) is 4.86.